The summed E-state index contributed by atoms with van der Waals surface area (Å²) < 4.78 is 11.2. The molecule has 1 N–H and O–H groups in total. The Morgan fingerprint density at radius 2 is 1.91 bits per heavy atom. The average molecular weight is 486 g/mol. The van der Waals surface area contributed by atoms with E-state index >= 15 is 0 Å². The molecule has 0 radical (unpaired) electrons. The number of imidazole rings is 1. The molecule has 0 bridgehead atoms. The minimum atomic E-state index is -0.420. The first-order valence-corrected chi connectivity index (χ1v) is 12.2. The highest BCUT2D eigenvalue weighted by Gasteiger charge is 2.23. The molecule has 35 heavy (non-hydrogen) atoms. The Hall–Kier alpha value is -4.04. The number of nitrogens with one attached hydrogen (secondary N) is 1. The number of nitrogens with zero attached hydrogens (tertiary/aromatic N) is 2. The van der Waals surface area contributed by atoms with Crippen molar-refractivity contribution in [1.29, 1.82) is 0 Å². The van der Waals surface area contributed by atoms with Crippen LogP contribution in [-0.2, 0) is 6.54 Å². The second-order valence-electron chi connectivity index (χ2n) is 8.07. The second-order valence-corrected chi connectivity index (χ2v) is 8.95. The van der Waals surface area contributed by atoms with E-state index in [2.05, 4.69) is 9.97 Å². The summed E-state index contributed by atoms with van der Waals surface area (Å²) in [6, 6.07) is 19.9. The molecule has 0 aliphatic carbocycles. The van der Waals surface area contributed by atoms with Gasteiger partial charge in [-0.3, -0.25) is 9.59 Å². The van der Waals surface area contributed by atoms with E-state index in [1.54, 1.807) is 34.9 Å². The fraction of sp³-hybridized carbons (Fsp3) is 0.148. The van der Waals surface area contributed by atoms with Crippen LogP contribution in [0, 0.1) is 6.92 Å². The first-order valence-electron chi connectivity index (χ1n) is 11.0. The number of fused-ring (bicyclic) bond motifs is 2. The van der Waals surface area contributed by atoms with Gasteiger partial charge in [0.05, 0.1) is 24.7 Å². The molecule has 2 heterocycles. The first kappa shape index (κ1) is 22.7. The quantitative estimate of drug-likeness (QED) is 0.317. The number of thioether (sulfide) groups is 1. The van der Waals surface area contributed by atoms with Gasteiger partial charge in [0.15, 0.2) is 11.2 Å². The number of aromatic amines is 1. The summed E-state index contributed by atoms with van der Waals surface area (Å²) in [4.78, 5) is 37.1. The average Bonchev–Trinajstić information content (AvgIpc) is 3.25. The lowest BCUT2D eigenvalue weighted by Crippen LogP contribution is -2.31. The molecule has 0 saturated carbocycles. The number of H-pyrrole nitrogens is 1. The van der Waals surface area contributed by atoms with Gasteiger partial charge >= 0.3 is 0 Å². The van der Waals surface area contributed by atoms with Crippen molar-refractivity contribution in [2.75, 3.05) is 18.3 Å². The normalized spacial score (nSPS) is 11.2. The number of ether oxygens (including phenoxy) is 1. The van der Waals surface area contributed by atoms with Crippen molar-refractivity contribution in [3.05, 3.63) is 94.1 Å². The molecule has 0 unspecified atom stereocenters. The molecule has 0 saturated heterocycles. The molecular formula is C27H23N3O4S. The summed E-state index contributed by atoms with van der Waals surface area (Å²) in [5.74, 6) is 0.729. The highest BCUT2D eigenvalue weighted by atomic mass is 32.2. The zero-order chi connectivity index (χ0) is 24.5. The molecule has 0 fully saturated rings. The van der Waals surface area contributed by atoms with Crippen LogP contribution in [0.2, 0.25) is 0 Å². The van der Waals surface area contributed by atoms with E-state index in [0.717, 1.165) is 27.3 Å². The van der Waals surface area contributed by atoms with Gasteiger partial charge in [0.25, 0.3) is 5.91 Å². The van der Waals surface area contributed by atoms with Crippen molar-refractivity contribution in [2.45, 2.75) is 18.4 Å². The summed E-state index contributed by atoms with van der Waals surface area (Å²) in [6.45, 7) is 2.18. The van der Waals surface area contributed by atoms with Crippen LogP contribution in [0.5, 0.6) is 5.75 Å². The largest absolute Gasteiger partial charge is 0.496 e. The van der Waals surface area contributed by atoms with Gasteiger partial charge in [-0.05, 0) is 61.2 Å². The minimum absolute atomic E-state index is 0.0441. The summed E-state index contributed by atoms with van der Waals surface area (Å²) in [7, 11) is 1.49. The van der Waals surface area contributed by atoms with Gasteiger partial charge in [0.2, 0.25) is 0 Å². The van der Waals surface area contributed by atoms with Crippen LogP contribution in [0.4, 0.5) is 5.69 Å². The summed E-state index contributed by atoms with van der Waals surface area (Å²) in [5.41, 5.74) is 3.20. The van der Waals surface area contributed by atoms with Crippen LogP contribution in [-0.4, -0.2) is 29.2 Å². The maximum absolute atomic E-state index is 13.8. The van der Waals surface area contributed by atoms with Crippen LogP contribution in [0.15, 0.2) is 80.8 Å². The van der Waals surface area contributed by atoms with Crippen LogP contribution in [0.1, 0.15) is 21.9 Å². The number of carbonyl (C=O) groups excluding carboxylic acids is 1. The Labute approximate surface area is 205 Å². The standard InChI is InChI=1S/C27H23N3O4S/c1-16-28-20-12-9-18(13-21(20)29-16)30(15-17-7-10-19(35-3)11-8-17)27(32)25-14-22(31)26-23(33-2)5-4-6-24(26)34-25/h4-14H,15H2,1-3H3,(H,28,29). The van der Waals surface area contributed by atoms with Crippen LogP contribution in [0.3, 0.4) is 0 Å². The van der Waals surface area contributed by atoms with E-state index < -0.39 is 5.91 Å². The van der Waals surface area contributed by atoms with Crippen molar-refractivity contribution in [1.82, 2.24) is 9.97 Å². The number of rotatable bonds is 6. The van der Waals surface area contributed by atoms with Gasteiger partial charge in [0, 0.05) is 16.6 Å². The lowest BCUT2D eigenvalue weighted by Gasteiger charge is -2.23. The summed E-state index contributed by atoms with van der Waals surface area (Å²) in [5, 5.41) is 0.306. The third-order valence-corrected chi connectivity index (χ3v) is 6.53. The smallest absolute Gasteiger partial charge is 0.294 e. The van der Waals surface area contributed by atoms with E-state index in [-0.39, 0.29) is 11.2 Å². The number of anilines is 1. The molecular weight excluding hydrogens is 462 g/mol. The molecule has 0 atom stereocenters. The molecule has 3 aromatic carbocycles. The number of aromatic nitrogens is 2. The molecule has 7 nitrogen and oxygen atoms in total. The van der Waals surface area contributed by atoms with Crippen LogP contribution < -0.4 is 15.1 Å². The molecule has 8 heteroatoms. The van der Waals surface area contributed by atoms with Crippen molar-refractivity contribution in [3.63, 3.8) is 0 Å². The van der Waals surface area contributed by atoms with Gasteiger partial charge in [-0.25, -0.2) is 4.98 Å². The second kappa shape index (κ2) is 9.31. The maximum atomic E-state index is 13.8. The molecule has 1 amide bonds. The van der Waals surface area contributed by atoms with Gasteiger partial charge in [-0.2, -0.15) is 0 Å². The maximum Gasteiger partial charge on any atom is 0.294 e. The van der Waals surface area contributed by atoms with Crippen LogP contribution in [0.25, 0.3) is 22.0 Å². The fourth-order valence-corrected chi connectivity index (χ4v) is 4.48. The van der Waals surface area contributed by atoms with E-state index in [9.17, 15) is 9.59 Å². The van der Waals surface area contributed by atoms with Crippen molar-refractivity contribution < 1.29 is 13.9 Å². The lowest BCUT2D eigenvalue weighted by molar-refractivity contribution is 0.0959. The zero-order valence-electron chi connectivity index (χ0n) is 19.5. The highest BCUT2D eigenvalue weighted by molar-refractivity contribution is 7.98. The SMILES string of the molecule is COc1cccc2oc(C(=O)N(Cc3ccc(SC)cc3)c3ccc4nc(C)[nH]c4c3)cc(=O)c12. The molecule has 176 valence electrons. The monoisotopic (exact) mass is 485 g/mol. The van der Waals surface area contributed by atoms with Gasteiger partial charge in [-0.1, -0.05) is 18.2 Å². The number of aryl methyl sites for hydroxylation is 1. The van der Waals surface area contributed by atoms with Gasteiger partial charge in [0.1, 0.15) is 22.5 Å². The third-order valence-electron chi connectivity index (χ3n) is 5.79. The van der Waals surface area contributed by atoms with Crippen molar-refractivity contribution in [2.24, 2.45) is 0 Å². The van der Waals surface area contributed by atoms with E-state index in [0.29, 0.717) is 29.0 Å². The number of hydrogen-bond donors (Lipinski definition) is 1. The Balaban J connectivity index is 1.60. The zero-order valence-corrected chi connectivity index (χ0v) is 20.3. The predicted octanol–water partition coefficient (Wildman–Crippen LogP) is 5.56. The Kier molecular flexibility index (Phi) is 6.05. The van der Waals surface area contributed by atoms with Crippen LogP contribution >= 0.6 is 11.8 Å². The summed E-state index contributed by atoms with van der Waals surface area (Å²) >= 11 is 1.65. The molecule has 2 aromatic heterocycles. The number of benzene rings is 3. The molecule has 0 spiro atoms. The highest BCUT2D eigenvalue weighted by Crippen LogP contribution is 2.27. The lowest BCUT2D eigenvalue weighted by atomic mass is 10.1. The van der Waals surface area contributed by atoms with Crippen molar-refractivity contribution in [3.8, 4) is 5.75 Å². The Morgan fingerprint density at radius 1 is 1.11 bits per heavy atom. The Morgan fingerprint density at radius 3 is 2.66 bits per heavy atom. The number of amides is 1. The number of hydrogen-bond acceptors (Lipinski definition) is 6. The third kappa shape index (κ3) is 4.40. The van der Waals surface area contributed by atoms with Crippen molar-refractivity contribution >= 4 is 45.4 Å². The van der Waals surface area contributed by atoms with E-state index in [4.69, 9.17) is 9.15 Å². The minimum Gasteiger partial charge on any atom is -0.496 e. The summed E-state index contributed by atoms with van der Waals surface area (Å²) in [6.07, 6.45) is 2.02. The van der Waals surface area contributed by atoms with Gasteiger partial charge < -0.3 is 19.0 Å². The number of carbonyl (C=O) groups is 1. The first-order chi connectivity index (χ1) is 17.0. The van der Waals surface area contributed by atoms with E-state index in [1.165, 1.54) is 13.2 Å². The van der Waals surface area contributed by atoms with E-state index in [1.807, 2.05) is 55.6 Å². The predicted molar refractivity (Wildman–Crippen MR) is 139 cm³/mol. The fourth-order valence-electron chi connectivity index (χ4n) is 4.07. The molecule has 0 aliphatic heterocycles. The van der Waals surface area contributed by atoms with Gasteiger partial charge in [-0.15, -0.1) is 11.8 Å². The Bertz CT molecular complexity index is 1610. The molecule has 0 aliphatic rings. The molecule has 5 rings (SSSR count). The molecule has 5 aromatic rings. The topological polar surface area (TPSA) is 88.4 Å². The number of methoxy groups -OCH3 is 1.